The van der Waals surface area contributed by atoms with Crippen LogP contribution < -0.4 is 0 Å². The Morgan fingerprint density at radius 3 is 1.55 bits per heavy atom. The maximum Gasteiger partial charge on any atom is 0.243 e. The largest absolute Gasteiger partial charge is 0.243 e. The van der Waals surface area contributed by atoms with Crippen molar-refractivity contribution >= 4 is 20.0 Å². The Kier molecular flexibility index (Phi) is 7.57. The molecule has 0 aromatic heterocycles. The van der Waals surface area contributed by atoms with E-state index in [4.69, 9.17) is 0 Å². The van der Waals surface area contributed by atoms with Crippen molar-refractivity contribution in [3.05, 3.63) is 59.7 Å². The highest BCUT2D eigenvalue weighted by molar-refractivity contribution is 7.89. The van der Waals surface area contributed by atoms with Gasteiger partial charge in [0.2, 0.25) is 20.0 Å². The van der Waals surface area contributed by atoms with E-state index in [9.17, 15) is 16.8 Å². The summed E-state index contributed by atoms with van der Waals surface area (Å²) in [6.45, 7) is 6.86. The minimum absolute atomic E-state index is 0.141. The van der Waals surface area contributed by atoms with E-state index >= 15 is 0 Å². The van der Waals surface area contributed by atoms with Crippen LogP contribution in [0, 0.1) is 0 Å². The van der Waals surface area contributed by atoms with E-state index < -0.39 is 20.0 Å². The predicted octanol–water partition coefficient (Wildman–Crippen LogP) is 3.85. The fourth-order valence-electron chi connectivity index (χ4n) is 3.77. The van der Waals surface area contributed by atoms with Crippen molar-refractivity contribution in [2.24, 2.45) is 0 Å². The number of sulfonamides is 2. The minimum atomic E-state index is -3.64. The smallest absolute Gasteiger partial charge is 0.207 e. The standard InChI is InChI=1S/C23H32N2O4S2/c1-4-6-20-7-11-22(12-8-20)30(26,27)24-15-17-25(18-16-24)31(28,29)23-13-9-21(10-14-23)19(3)5-2/h7-14,19H,4-6,15-18H2,1-3H3. The molecule has 2 aromatic rings. The molecule has 1 heterocycles. The van der Waals surface area contributed by atoms with Crippen LogP contribution in [0.2, 0.25) is 0 Å². The summed E-state index contributed by atoms with van der Waals surface area (Å²) in [6, 6.07) is 14.0. The average Bonchev–Trinajstić information content (AvgIpc) is 2.79. The third-order valence-electron chi connectivity index (χ3n) is 6.00. The number of hydrogen-bond acceptors (Lipinski definition) is 4. The Balaban J connectivity index is 1.69. The number of benzene rings is 2. The summed E-state index contributed by atoms with van der Waals surface area (Å²) in [6.07, 6.45) is 2.90. The second kappa shape index (κ2) is 9.81. The minimum Gasteiger partial charge on any atom is -0.207 e. The van der Waals surface area contributed by atoms with Gasteiger partial charge in [-0.3, -0.25) is 0 Å². The summed E-state index contributed by atoms with van der Waals surface area (Å²) in [7, 11) is -7.28. The van der Waals surface area contributed by atoms with Crippen LogP contribution >= 0.6 is 0 Å². The van der Waals surface area contributed by atoms with E-state index in [-0.39, 0.29) is 36.0 Å². The van der Waals surface area contributed by atoms with E-state index in [2.05, 4.69) is 20.8 Å². The van der Waals surface area contributed by atoms with E-state index in [1.54, 1.807) is 24.3 Å². The van der Waals surface area contributed by atoms with Crippen molar-refractivity contribution in [3.63, 3.8) is 0 Å². The second-order valence-corrected chi connectivity index (χ2v) is 12.0. The summed E-state index contributed by atoms with van der Waals surface area (Å²) >= 11 is 0. The zero-order chi connectivity index (χ0) is 22.6. The summed E-state index contributed by atoms with van der Waals surface area (Å²) < 4.78 is 54.7. The molecule has 0 radical (unpaired) electrons. The van der Waals surface area contributed by atoms with Crippen LogP contribution in [-0.4, -0.2) is 51.6 Å². The molecule has 170 valence electrons. The molecule has 0 aliphatic carbocycles. The zero-order valence-electron chi connectivity index (χ0n) is 18.5. The molecule has 6 nitrogen and oxygen atoms in total. The first-order valence-electron chi connectivity index (χ1n) is 10.9. The van der Waals surface area contributed by atoms with Crippen molar-refractivity contribution in [2.75, 3.05) is 26.2 Å². The van der Waals surface area contributed by atoms with Gasteiger partial charge in [-0.1, -0.05) is 51.5 Å². The van der Waals surface area contributed by atoms with Crippen LogP contribution in [0.3, 0.4) is 0 Å². The fraction of sp³-hybridized carbons (Fsp3) is 0.478. The number of hydrogen-bond donors (Lipinski definition) is 0. The van der Waals surface area contributed by atoms with Crippen LogP contribution in [0.15, 0.2) is 58.3 Å². The quantitative estimate of drug-likeness (QED) is 0.595. The van der Waals surface area contributed by atoms with E-state index in [0.29, 0.717) is 5.92 Å². The molecule has 31 heavy (non-hydrogen) atoms. The fourth-order valence-corrected chi connectivity index (χ4v) is 6.61. The summed E-state index contributed by atoms with van der Waals surface area (Å²) in [5.74, 6) is 0.376. The monoisotopic (exact) mass is 464 g/mol. The van der Waals surface area contributed by atoms with Crippen molar-refractivity contribution in [2.45, 2.75) is 55.7 Å². The van der Waals surface area contributed by atoms with Crippen LogP contribution in [0.25, 0.3) is 0 Å². The van der Waals surface area contributed by atoms with Crippen LogP contribution in [-0.2, 0) is 26.5 Å². The van der Waals surface area contributed by atoms with E-state index in [1.807, 2.05) is 24.3 Å². The van der Waals surface area contributed by atoms with Crippen molar-refractivity contribution in [3.8, 4) is 0 Å². The third-order valence-corrected chi connectivity index (χ3v) is 9.82. The van der Waals surface area contributed by atoms with E-state index in [1.165, 1.54) is 8.61 Å². The zero-order valence-corrected chi connectivity index (χ0v) is 20.1. The lowest BCUT2D eigenvalue weighted by atomic mass is 9.99. The molecule has 1 atom stereocenters. The lowest BCUT2D eigenvalue weighted by Crippen LogP contribution is -2.50. The molecule has 1 fully saturated rings. The van der Waals surface area contributed by atoms with Crippen LogP contribution in [0.5, 0.6) is 0 Å². The third kappa shape index (κ3) is 5.19. The molecule has 0 amide bonds. The van der Waals surface area contributed by atoms with Gasteiger partial charge < -0.3 is 0 Å². The second-order valence-electron chi connectivity index (χ2n) is 8.08. The molecule has 3 rings (SSSR count). The Hall–Kier alpha value is -1.74. The highest BCUT2D eigenvalue weighted by Gasteiger charge is 2.33. The van der Waals surface area contributed by atoms with Gasteiger partial charge in [0.1, 0.15) is 0 Å². The SMILES string of the molecule is CCCc1ccc(S(=O)(=O)N2CCN(S(=O)(=O)c3ccc(C(C)CC)cc3)CC2)cc1. The number of rotatable bonds is 8. The van der Waals surface area contributed by atoms with Crippen molar-refractivity contribution in [1.82, 2.24) is 8.61 Å². The lowest BCUT2D eigenvalue weighted by molar-refractivity contribution is 0.273. The molecule has 1 aliphatic heterocycles. The lowest BCUT2D eigenvalue weighted by Gasteiger charge is -2.33. The molecule has 1 aliphatic rings. The van der Waals surface area contributed by atoms with Gasteiger partial charge in [0.25, 0.3) is 0 Å². The van der Waals surface area contributed by atoms with Gasteiger partial charge in [-0.2, -0.15) is 8.61 Å². The highest BCUT2D eigenvalue weighted by atomic mass is 32.2. The van der Waals surface area contributed by atoms with Gasteiger partial charge in [-0.25, -0.2) is 16.8 Å². The summed E-state index contributed by atoms with van der Waals surface area (Å²) in [5, 5.41) is 0. The Labute approximate surface area is 187 Å². The first-order valence-corrected chi connectivity index (χ1v) is 13.8. The number of aryl methyl sites for hydroxylation is 1. The predicted molar refractivity (Wildman–Crippen MR) is 123 cm³/mol. The van der Waals surface area contributed by atoms with Gasteiger partial charge in [0, 0.05) is 26.2 Å². The molecule has 8 heteroatoms. The number of piperazine rings is 1. The molecule has 0 N–H and O–H groups in total. The maximum atomic E-state index is 13.0. The van der Waals surface area contributed by atoms with Gasteiger partial charge in [-0.15, -0.1) is 0 Å². The molecule has 1 unspecified atom stereocenters. The molecule has 1 saturated heterocycles. The first-order chi connectivity index (χ1) is 14.7. The normalized spacial score (nSPS) is 17.5. The molecule has 0 bridgehead atoms. The maximum absolute atomic E-state index is 13.0. The van der Waals surface area contributed by atoms with Crippen LogP contribution in [0.1, 0.15) is 50.7 Å². The Morgan fingerprint density at radius 1 is 0.742 bits per heavy atom. The Bertz CT molecular complexity index is 1070. The molecule has 0 spiro atoms. The van der Waals surface area contributed by atoms with Gasteiger partial charge in [0.05, 0.1) is 9.79 Å². The molecule has 2 aromatic carbocycles. The van der Waals surface area contributed by atoms with Crippen molar-refractivity contribution in [1.29, 1.82) is 0 Å². The number of nitrogens with zero attached hydrogens (tertiary/aromatic N) is 2. The van der Waals surface area contributed by atoms with Crippen LogP contribution in [0.4, 0.5) is 0 Å². The molecular formula is C23H32N2O4S2. The van der Waals surface area contributed by atoms with Gasteiger partial charge in [-0.05, 0) is 54.2 Å². The van der Waals surface area contributed by atoms with Crippen molar-refractivity contribution < 1.29 is 16.8 Å². The molecule has 0 saturated carbocycles. The highest BCUT2D eigenvalue weighted by Crippen LogP contribution is 2.24. The molecular weight excluding hydrogens is 432 g/mol. The average molecular weight is 465 g/mol. The van der Waals surface area contributed by atoms with Gasteiger partial charge >= 0.3 is 0 Å². The topological polar surface area (TPSA) is 74.8 Å². The van der Waals surface area contributed by atoms with E-state index in [0.717, 1.165) is 30.4 Å². The summed E-state index contributed by atoms with van der Waals surface area (Å²) in [4.78, 5) is 0.506. The first kappa shape index (κ1) is 23.9. The van der Waals surface area contributed by atoms with Gasteiger partial charge in [0.15, 0.2) is 0 Å². The Morgan fingerprint density at radius 2 is 1.16 bits per heavy atom. The summed E-state index contributed by atoms with van der Waals surface area (Å²) in [5.41, 5.74) is 2.22.